The van der Waals surface area contributed by atoms with Crippen LogP contribution in [0.1, 0.15) is 22.8 Å². The molecule has 0 bridgehead atoms. The van der Waals surface area contributed by atoms with Gasteiger partial charge in [0.25, 0.3) is 5.69 Å². The summed E-state index contributed by atoms with van der Waals surface area (Å²) >= 11 is 0. The summed E-state index contributed by atoms with van der Waals surface area (Å²) in [6.45, 7) is 3.13. The molecule has 0 aliphatic heterocycles. The molecule has 1 N–H and O–H groups in total. The number of nitrogens with one attached hydrogen (secondary N) is 1. The topological polar surface area (TPSA) is 90.7 Å². The maximum atomic E-state index is 11.7. The van der Waals surface area contributed by atoms with Gasteiger partial charge in [0.15, 0.2) is 0 Å². The highest BCUT2D eigenvalue weighted by Gasteiger charge is 2.21. The Labute approximate surface area is 139 Å². The second kappa shape index (κ2) is 8.07. The molecule has 2 rings (SSSR count). The van der Waals surface area contributed by atoms with E-state index in [2.05, 4.69) is 10.1 Å². The molecule has 0 saturated heterocycles. The standard InChI is InChI=1S/C17H18N2O5/c1-3-24-11-12-4-6-13(7-5-12)18-14-8-9-16(19(21)22)15(10-14)17(20)23-2/h4-10,18H,3,11H2,1-2H3. The molecule has 0 radical (unpaired) electrons. The second-order valence-electron chi connectivity index (χ2n) is 4.94. The number of rotatable bonds is 7. The van der Waals surface area contributed by atoms with Crippen molar-refractivity contribution < 1.29 is 19.2 Å². The zero-order valence-electron chi connectivity index (χ0n) is 13.4. The fourth-order valence-electron chi connectivity index (χ4n) is 2.12. The Balaban J connectivity index is 2.20. The molecule has 0 heterocycles. The number of nitrogens with zero attached hydrogens (tertiary/aromatic N) is 1. The highest BCUT2D eigenvalue weighted by Crippen LogP contribution is 2.26. The van der Waals surface area contributed by atoms with Gasteiger partial charge in [0.1, 0.15) is 5.56 Å². The molecule has 0 unspecified atom stereocenters. The lowest BCUT2D eigenvalue weighted by atomic mass is 10.1. The van der Waals surface area contributed by atoms with Crippen molar-refractivity contribution >= 4 is 23.0 Å². The van der Waals surface area contributed by atoms with E-state index in [1.807, 2.05) is 31.2 Å². The SMILES string of the molecule is CCOCc1ccc(Nc2ccc([N+](=O)[O-])c(C(=O)OC)c2)cc1. The highest BCUT2D eigenvalue weighted by atomic mass is 16.6. The molecule has 126 valence electrons. The number of benzene rings is 2. The largest absolute Gasteiger partial charge is 0.465 e. The van der Waals surface area contributed by atoms with Crippen molar-refractivity contribution in [2.24, 2.45) is 0 Å². The van der Waals surface area contributed by atoms with Crippen molar-refractivity contribution in [2.45, 2.75) is 13.5 Å². The average Bonchev–Trinajstić information content (AvgIpc) is 2.60. The van der Waals surface area contributed by atoms with E-state index in [-0.39, 0.29) is 11.3 Å². The monoisotopic (exact) mass is 330 g/mol. The number of nitro groups is 1. The lowest BCUT2D eigenvalue weighted by Crippen LogP contribution is -2.06. The van der Waals surface area contributed by atoms with Gasteiger partial charge in [-0.25, -0.2) is 4.79 Å². The number of esters is 1. The molecule has 0 fully saturated rings. The first-order valence-corrected chi connectivity index (χ1v) is 7.35. The van der Waals surface area contributed by atoms with Crippen molar-refractivity contribution in [3.63, 3.8) is 0 Å². The molecular formula is C17H18N2O5. The van der Waals surface area contributed by atoms with Gasteiger partial charge in [-0.3, -0.25) is 10.1 Å². The van der Waals surface area contributed by atoms with Gasteiger partial charge in [0, 0.05) is 24.0 Å². The third kappa shape index (κ3) is 4.30. The quantitative estimate of drug-likeness (QED) is 0.473. The van der Waals surface area contributed by atoms with Crippen LogP contribution in [-0.2, 0) is 16.1 Å². The van der Waals surface area contributed by atoms with Gasteiger partial charge >= 0.3 is 5.97 Å². The third-order valence-corrected chi connectivity index (χ3v) is 3.31. The normalized spacial score (nSPS) is 10.2. The minimum absolute atomic E-state index is 0.0968. The number of carbonyl (C=O) groups excluding carboxylic acids is 1. The maximum absolute atomic E-state index is 11.7. The molecule has 2 aromatic carbocycles. The van der Waals surface area contributed by atoms with E-state index in [9.17, 15) is 14.9 Å². The van der Waals surface area contributed by atoms with Crippen molar-refractivity contribution in [3.8, 4) is 0 Å². The smallest absolute Gasteiger partial charge is 0.344 e. The molecule has 7 heteroatoms. The van der Waals surface area contributed by atoms with Crippen LogP contribution in [0.3, 0.4) is 0 Å². The van der Waals surface area contributed by atoms with E-state index >= 15 is 0 Å². The minimum atomic E-state index is -0.752. The molecule has 0 atom stereocenters. The summed E-state index contributed by atoms with van der Waals surface area (Å²) in [7, 11) is 1.18. The van der Waals surface area contributed by atoms with Crippen LogP contribution in [0, 0.1) is 10.1 Å². The van der Waals surface area contributed by atoms with E-state index in [1.54, 1.807) is 6.07 Å². The van der Waals surface area contributed by atoms with Crippen LogP contribution in [0.5, 0.6) is 0 Å². The van der Waals surface area contributed by atoms with Crippen LogP contribution in [0.4, 0.5) is 17.1 Å². The zero-order valence-corrected chi connectivity index (χ0v) is 13.4. The number of nitro benzene ring substituents is 1. The molecule has 7 nitrogen and oxygen atoms in total. The number of ether oxygens (including phenoxy) is 2. The Morgan fingerprint density at radius 2 is 1.83 bits per heavy atom. The van der Waals surface area contributed by atoms with Crippen LogP contribution in [0.15, 0.2) is 42.5 Å². The number of carbonyl (C=O) groups is 1. The maximum Gasteiger partial charge on any atom is 0.344 e. The minimum Gasteiger partial charge on any atom is -0.465 e. The van der Waals surface area contributed by atoms with Crippen LogP contribution in [0.2, 0.25) is 0 Å². The Morgan fingerprint density at radius 1 is 1.17 bits per heavy atom. The number of hydrogen-bond donors (Lipinski definition) is 1. The van der Waals surface area contributed by atoms with Gasteiger partial charge in [-0.1, -0.05) is 12.1 Å². The predicted molar refractivity (Wildman–Crippen MR) is 89.5 cm³/mol. The van der Waals surface area contributed by atoms with Gasteiger partial charge in [-0.2, -0.15) is 0 Å². The second-order valence-corrected chi connectivity index (χ2v) is 4.94. The van der Waals surface area contributed by atoms with Crippen LogP contribution < -0.4 is 5.32 Å². The number of hydrogen-bond acceptors (Lipinski definition) is 6. The van der Waals surface area contributed by atoms with Gasteiger partial charge in [0.2, 0.25) is 0 Å². The number of methoxy groups -OCH3 is 1. The molecule has 0 spiro atoms. The lowest BCUT2D eigenvalue weighted by molar-refractivity contribution is -0.385. The van der Waals surface area contributed by atoms with E-state index < -0.39 is 10.9 Å². The molecule has 24 heavy (non-hydrogen) atoms. The highest BCUT2D eigenvalue weighted by molar-refractivity contribution is 5.95. The fraction of sp³-hybridized carbons (Fsp3) is 0.235. The summed E-state index contributed by atoms with van der Waals surface area (Å²) in [6.07, 6.45) is 0. The van der Waals surface area contributed by atoms with Gasteiger partial charge in [-0.15, -0.1) is 0 Å². The summed E-state index contributed by atoms with van der Waals surface area (Å²) in [5.41, 5.74) is 2.00. The van der Waals surface area contributed by atoms with E-state index in [1.165, 1.54) is 19.2 Å². The predicted octanol–water partition coefficient (Wildman–Crippen LogP) is 3.66. The fourth-order valence-corrected chi connectivity index (χ4v) is 2.12. The Kier molecular flexibility index (Phi) is 5.86. The van der Waals surface area contributed by atoms with Gasteiger partial charge in [-0.05, 0) is 36.8 Å². The van der Waals surface area contributed by atoms with Crippen LogP contribution in [0.25, 0.3) is 0 Å². The Hall–Kier alpha value is -2.93. The molecular weight excluding hydrogens is 312 g/mol. The van der Waals surface area contributed by atoms with Gasteiger partial charge in [0.05, 0.1) is 18.6 Å². The average molecular weight is 330 g/mol. The molecule has 0 aliphatic carbocycles. The third-order valence-electron chi connectivity index (χ3n) is 3.31. The lowest BCUT2D eigenvalue weighted by Gasteiger charge is -2.09. The summed E-state index contributed by atoms with van der Waals surface area (Å²) in [5, 5.41) is 14.1. The van der Waals surface area contributed by atoms with Crippen LogP contribution in [-0.4, -0.2) is 24.6 Å². The van der Waals surface area contributed by atoms with Crippen molar-refractivity contribution in [2.75, 3.05) is 19.0 Å². The zero-order chi connectivity index (χ0) is 17.5. The molecule has 0 amide bonds. The summed E-state index contributed by atoms with van der Waals surface area (Å²) in [4.78, 5) is 22.1. The molecule has 0 saturated carbocycles. The van der Waals surface area contributed by atoms with Crippen molar-refractivity contribution in [3.05, 3.63) is 63.7 Å². The first-order valence-electron chi connectivity index (χ1n) is 7.35. The first-order chi connectivity index (χ1) is 11.5. The van der Waals surface area contributed by atoms with E-state index in [0.717, 1.165) is 11.3 Å². The van der Waals surface area contributed by atoms with Crippen molar-refractivity contribution in [1.82, 2.24) is 0 Å². The molecule has 0 aromatic heterocycles. The number of anilines is 2. The van der Waals surface area contributed by atoms with Crippen molar-refractivity contribution in [1.29, 1.82) is 0 Å². The Morgan fingerprint density at radius 3 is 2.42 bits per heavy atom. The van der Waals surface area contributed by atoms with Crippen LogP contribution >= 0.6 is 0 Å². The van der Waals surface area contributed by atoms with Gasteiger partial charge < -0.3 is 14.8 Å². The molecule has 0 aliphatic rings. The van der Waals surface area contributed by atoms with E-state index in [4.69, 9.17) is 4.74 Å². The first kappa shape index (κ1) is 17.4. The van der Waals surface area contributed by atoms with E-state index in [0.29, 0.717) is 18.9 Å². The molecule has 2 aromatic rings. The summed E-state index contributed by atoms with van der Waals surface area (Å²) < 4.78 is 9.93. The Bertz CT molecular complexity index is 728. The summed E-state index contributed by atoms with van der Waals surface area (Å²) in [6, 6.07) is 11.8. The summed E-state index contributed by atoms with van der Waals surface area (Å²) in [5.74, 6) is -0.752.